The molecule has 24 heavy (non-hydrogen) atoms. The van der Waals surface area contributed by atoms with E-state index in [1.807, 2.05) is 12.1 Å². The molecule has 1 N–H and O–H groups in total. The van der Waals surface area contributed by atoms with E-state index in [2.05, 4.69) is 10.1 Å². The molecule has 0 radical (unpaired) electrons. The number of hydrogen-bond donors (Lipinski definition) is 1. The molecule has 0 aliphatic rings. The van der Waals surface area contributed by atoms with Crippen molar-refractivity contribution in [1.29, 1.82) is 0 Å². The van der Waals surface area contributed by atoms with Crippen molar-refractivity contribution in [3.8, 4) is 11.5 Å². The number of para-hydroxylation sites is 2. The molecule has 0 fully saturated rings. The summed E-state index contributed by atoms with van der Waals surface area (Å²) in [5, 5.41) is 2.74. The van der Waals surface area contributed by atoms with Gasteiger partial charge < -0.3 is 19.5 Å². The first-order chi connectivity index (χ1) is 11.6. The third-order valence-corrected chi connectivity index (χ3v) is 3.25. The Morgan fingerprint density at radius 2 is 1.62 bits per heavy atom. The van der Waals surface area contributed by atoms with Gasteiger partial charge in [0.05, 0.1) is 32.8 Å². The van der Waals surface area contributed by atoms with Crippen LogP contribution in [0, 0.1) is 0 Å². The largest absolute Gasteiger partial charge is 0.493 e. The Hall–Kier alpha value is -3.02. The van der Waals surface area contributed by atoms with Gasteiger partial charge >= 0.3 is 5.97 Å². The highest BCUT2D eigenvalue weighted by atomic mass is 16.5. The smallest absolute Gasteiger partial charge is 0.337 e. The fourth-order valence-corrected chi connectivity index (χ4v) is 2.02. The van der Waals surface area contributed by atoms with E-state index in [0.29, 0.717) is 22.7 Å². The molecule has 1 amide bonds. The second-order valence-corrected chi connectivity index (χ2v) is 4.87. The van der Waals surface area contributed by atoms with Crippen molar-refractivity contribution in [2.45, 2.75) is 6.42 Å². The molecule has 0 aromatic heterocycles. The van der Waals surface area contributed by atoms with Gasteiger partial charge in [-0.25, -0.2) is 4.79 Å². The van der Waals surface area contributed by atoms with E-state index in [-0.39, 0.29) is 18.9 Å². The van der Waals surface area contributed by atoms with Gasteiger partial charge in [-0.3, -0.25) is 4.79 Å². The number of nitrogens with one attached hydrogen (secondary N) is 1. The fourth-order valence-electron chi connectivity index (χ4n) is 2.02. The van der Waals surface area contributed by atoms with Crippen LogP contribution in [0.3, 0.4) is 0 Å². The van der Waals surface area contributed by atoms with Crippen molar-refractivity contribution < 1.29 is 23.8 Å². The molecule has 2 aromatic rings. The summed E-state index contributed by atoms with van der Waals surface area (Å²) in [7, 11) is 2.88. The first kappa shape index (κ1) is 17.3. The normalized spacial score (nSPS) is 9.92. The number of amides is 1. The highest BCUT2D eigenvalue weighted by Crippen LogP contribution is 2.25. The predicted octanol–water partition coefficient (Wildman–Crippen LogP) is 2.89. The quantitative estimate of drug-likeness (QED) is 0.791. The Kier molecular flexibility index (Phi) is 6.19. The van der Waals surface area contributed by atoms with Gasteiger partial charge in [0.2, 0.25) is 5.91 Å². The summed E-state index contributed by atoms with van der Waals surface area (Å²) in [6, 6.07) is 13.7. The highest BCUT2D eigenvalue weighted by molar-refractivity contribution is 5.93. The van der Waals surface area contributed by atoms with Crippen molar-refractivity contribution in [3.63, 3.8) is 0 Å². The highest BCUT2D eigenvalue weighted by Gasteiger charge is 2.08. The lowest BCUT2D eigenvalue weighted by Gasteiger charge is -2.10. The van der Waals surface area contributed by atoms with E-state index < -0.39 is 5.97 Å². The lowest BCUT2D eigenvalue weighted by Crippen LogP contribution is -2.15. The van der Waals surface area contributed by atoms with Crippen LogP contribution in [0.5, 0.6) is 11.5 Å². The third kappa shape index (κ3) is 4.74. The van der Waals surface area contributed by atoms with Crippen LogP contribution < -0.4 is 14.8 Å². The molecule has 126 valence electrons. The predicted molar refractivity (Wildman–Crippen MR) is 89.5 cm³/mol. The summed E-state index contributed by atoms with van der Waals surface area (Å²) in [4.78, 5) is 23.3. The minimum atomic E-state index is -0.418. The maximum atomic E-state index is 11.9. The number of carbonyl (C=O) groups is 2. The Morgan fingerprint density at radius 3 is 2.25 bits per heavy atom. The van der Waals surface area contributed by atoms with Gasteiger partial charge in [-0.2, -0.15) is 0 Å². The van der Waals surface area contributed by atoms with E-state index in [4.69, 9.17) is 9.47 Å². The minimum Gasteiger partial charge on any atom is -0.493 e. The molecule has 0 aliphatic carbocycles. The number of carbonyl (C=O) groups excluding carboxylic acids is 2. The topological polar surface area (TPSA) is 73.9 Å². The van der Waals surface area contributed by atoms with Gasteiger partial charge in [0.15, 0.2) is 11.5 Å². The fraction of sp³-hybridized carbons (Fsp3) is 0.222. The van der Waals surface area contributed by atoms with Crippen LogP contribution in [0.2, 0.25) is 0 Å². The first-order valence-electron chi connectivity index (χ1n) is 7.38. The van der Waals surface area contributed by atoms with E-state index in [1.165, 1.54) is 7.11 Å². The van der Waals surface area contributed by atoms with Crippen molar-refractivity contribution in [3.05, 3.63) is 54.1 Å². The molecule has 2 rings (SSSR count). The Bertz CT molecular complexity index is 697. The van der Waals surface area contributed by atoms with Crippen LogP contribution in [-0.2, 0) is 9.53 Å². The standard InChI is InChI=1S/C18H19NO5/c1-22-15-5-3-4-6-16(15)24-12-11-17(20)19-14-9-7-13(8-10-14)18(21)23-2/h3-10H,11-12H2,1-2H3,(H,19,20). The molecule has 0 heterocycles. The zero-order valence-corrected chi connectivity index (χ0v) is 13.6. The Morgan fingerprint density at radius 1 is 0.958 bits per heavy atom. The van der Waals surface area contributed by atoms with E-state index in [1.54, 1.807) is 43.5 Å². The lowest BCUT2D eigenvalue weighted by molar-refractivity contribution is -0.116. The summed E-state index contributed by atoms with van der Waals surface area (Å²) in [6.45, 7) is 0.229. The van der Waals surface area contributed by atoms with E-state index >= 15 is 0 Å². The van der Waals surface area contributed by atoms with E-state index in [9.17, 15) is 9.59 Å². The summed E-state index contributed by atoms with van der Waals surface area (Å²) in [6.07, 6.45) is 0.191. The van der Waals surface area contributed by atoms with Crippen molar-refractivity contribution in [2.75, 3.05) is 26.1 Å². The number of rotatable bonds is 7. The summed E-state index contributed by atoms with van der Waals surface area (Å²) in [5.41, 5.74) is 1.03. The number of esters is 1. The maximum Gasteiger partial charge on any atom is 0.337 e. The van der Waals surface area contributed by atoms with Crippen LogP contribution in [0.1, 0.15) is 16.8 Å². The van der Waals surface area contributed by atoms with Gasteiger partial charge in [0.1, 0.15) is 0 Å². The monoisotopic (exact) mass is 329 g/mol. The van der Waals surface area contributed by atoms with Gasteiger partial charge in [0.25, 0.3) is 0 Å². The second-order valence-electron chi connectivity index (χ2n) is 4.87. The average Bonchev–Trinajstić information content (AvgIpc) is 2.62. The SMILES string of the molecule is COC(=O)c1ccc(NC(=O)CCOc2ccccc2OC)cc1. The number of anilines is 1. The number of benzene rings is 2. The van der Waals surface area contributed by atoms with Gasteiger partial charge in [0, 0.05) is 5.69 Å². The first-order valence-corrected chi connectivity index (χ1v) is 7.38. The molecule has 0 saturated heterocycles. The molecule has 0 spiro atoms. The van der Waals surface area contributed by atoms with Crippen LogP contribution in [0.25, 0.3) is 0 Å². The second kappa shape index (κ2) is 8.57. The average molecular weight is 329 g/mol. The molecule has 0 unspecified atom stereocenters. The van der Waals surface area contributed by atoms with Gasteiger partial charge in [-0.1, -0.05) is 12.1 Å². The zero-order valence-electron chi connectivity index (χ0n) is 13.6. The number of hydrogen-bond acceptors (Lipinski definition) is 5. The molecule has 0 saturated carbocycles. The Balaban J connectivity index is 1.82. The van der Waals surface area contributed by atoms with Crippen LogP contribution in [0.15, 0.2) is 48.5 Å². The van der Waals surface area contributed by atoms with Crippen LogP contribution in [0.4, 0.5) is 5.69 Å². The van der Waals surface area contributed by atoms with Crippen molar-refractivity contribution in [2.24, 2.45) is 0 Å². The van der Waals surface area contributed by atoms with Crippen molar-refractivity contribution >= 4 is 17.6 Å². The number of methoxy groups -OCH3 is 2. The molecule has 6 nitrogen and oxygen atoms in total. The minimum absolute atomic E-state index is 0.185. The van der Waals surface area contributed by atoms with E-state index in [0.717, 1.165) is 0 Å². The molecule has 2 aromatic carbocycles. The van der Waals surface area contributed by atoms with Crippen LogP contribution in [-0.4, -0.2) is 32.7 Å². The lowest BCUT2D eigenvalue weighted by atomic mass is 10.2. The third-order valence-electron chi connectivity index (χ3n) is 3.25. The van der Waals surface area contributed by atoms with Crippen molar-refractivity contribution in [1.82, 2.24) is 0 Å². The molecule has 0 aliphatic heterocycles. The molecular formula is C18H19NO5. The molecule has 6 heteroatoms. The molecular weight excluding hydrogens is 310 g/mol. The molecule has 0 bridgehead atoms. The van der Waals surface area contributed by atoms with Gasteiger partial charge in [-0.15, -0.1) is 0 Å². The zero-order chi connectivity index (χ0) is 17.4. The maximum absolute atomic E-state index is 11.9. The number of ether oxygens (including phenoxy) is 3. The summed E-state index contributed by atoms with van der Waals surface area (Å²) in [5.74, 6) is 0.611. The Labute approximate surface area is 140 Å². The van der Waals surface area contributed by atoms with Crippen LogP contribution >= 0.6 is 0 Å². The molecule has 0 atom stereocenters. The summed E-state index contributed by atoms with van der Waals surface area (Å²) < 4.78 is 15.3. The van der Waals surface area contributed by atoms with Gasteiger partial charge in [-0.05, 0) is 36.4 Å². The summed E-state index contributed by atoms with van der Waals surface area (Å²) >= 11 is 0.